The minimum absolute atomic E-state index is 0.225. The average molecular weight is 206 g/mol. The number of rotatable bonds is 1. The van der Waals surface area contributed by atoms with Crippen molar-refractivity contribution in [3.63, 3.8) is 0 Å². The van der Waals surface area contributed by atoms with E-state index in [9.17, 15) is 4.79 Å². The summed E-state index contributed by atoms with van der Waals surface area (Å²) in [5, 5.41) is 9.27. The molecule has 0 aromatic heterocycles. The Balaban J connectivity index is 2.35. The molecule has 14 heavy (non-hydrogen) atoms. The maximum Gasteiger partial charge on any atom is 0.134 e. The van der Waals surface area contributed by atoms with Crippen LogP contribution in [0.4, 0.5) is 0 Å². The third-order valence-electron chi connectivity index (χ3n) is 2.54. The van der Waals surface area contributed by atoms with Gasteiger partial charge < -0.3 is 0 Å². The highest BCUT2D eigenvalue weighted by Gasteiger charge is 2.29. The van der Waals surface area contributed by atoms with Gasteiger partial charge in [-0.2, -0.15) is 5.26 Å². The van der Waals surface area contributed by atoms with Crippen LogP contribution in [0, 0.1) is 11.3 Å². The highest BCUT2D eigenvalue weighted by molar-refractivity contribution is 6.32. The molecule has 1 aliphatic rings. The second kappa shape index (κ2) is 3.43. The number of halogens is 1. The van der Waals surface area contributed by atoms with Gasteiger partial charge in [0.2, 0.25) is 0 Å². The van der Waals surface area contributed by atoms with E-state index in [0.29, 0.717) is 23.4 Å². The van der Waals surface area contributed by atoms with Gasteiger partial charge in [-0.3, -0.25) is 4.79 Å². The second-order valence-electron chi connectivity index (χ2n) is 3.46. The van der Waals surface area contributed by atoms with Crippen molar-refractivity contribution in [1.29, 1.82) is 5.26 Å². The number of carbonyl (C=O) groups excluding carboxylic acids is 1. The molecule has 0 N–H and O–H groups in total. The number of carbonyl (C=O) groups is 1. The lowest BCUT2D eigenvalue weighted by Gasteiger charge is -2.25. The first-order valence-corrected chi connectivity index (χ1v) is 4.80. The third kappa shape index (κ3) is 1.40. The SMILES string of the molecule is N#Cc1cccc(C2CC(=O)C2)c1Cl. The zero-order valence-electron chi connectivity index (χ0n) is 7.46. The summed E-state index contributed by atoms with van der Waals surface area (Å²) in [6, 6.07) is 7.42. The summed E-state index contributed by atoms with van der Waals surface area (Å²) in [6.45, 7) is 0. The van der Waals surface area contributed by atoms with E-state index in [1.165, 1.54) is 0 Å². The fraction of sp³-hybridized carbons (Fsp3) is 0.273. The van der Waals surface area contributed by atoms with Crippen LogP contribution in [0.3, 0.4) is 0 Å². The van der Waals surface area contributed by atoms with Crippen LogP contribution in [-0.4, -0.2) is 5.78 Å². The third-order valence-corrected chi connectivity index (χ3v) is 2.96. The number of nitriles is 1. The van der Waals surface area contributed by atoms with E-state index in [-0.39, 0.29) is 11.7 Å². The quantitative estimate of drug-likeness (QED) is 0.707. The lowest BCUT2D eigenvalue weighted by Crippen LogP contribution is -2.21. The van der Waals surface area contributed by atoms with Gasteiger partial charge in [0.05, 0.1) is 10.6 Å². The molecular weight excluding hydrogens is 198 g/mol. The Hall–Kier alpha value is -1.33. The summed E-state index contributed by atoms with van der Waals surface area (Å²) in [6.07, 6.45) is 1.13. The zero-order chi connectivity index (χ0) is 10.1. The molecule has 0 saturated heterocycles. The highest BCUT2D eigenvalue weighted by Crippen LogP contribution is 2.38. The number of Topliss-reactive ketones (excluding diaryl/α,β-unsaturated/α-hetero) is 1. The number of ketones is 1. The Bertz CT molecular complexity index is 425. The molecule has 0 unspecified atom stereocenters. The van der Waals surface area contributed by atoms with E-state index in [1.807, 2.05) is 18.2 Å². The van der Waals surface area contributed by atoms with Crippen LogP contribution in [0.1, 0.15) is 29.9 Å². The van der Waals surface area contributed by atoms with Crippen molar-refractivity contribution in [1.82, 2.24) is 0 Å². The molecule has 2 nitrogen and oxygen atoms in total. The molecule has 0 heterocycles. The van der Waals surface area contributed by atoms with Crippen LogP contribution < -0.4 is 0 Å². The second-order valence-corrected chi connectivity index (χ2v) is 3.84. The maximum atomic E-state index is 10.8. The van der Waals surface area contributed by atoms with E-state index in [1.54, 1.807) is 6.07 Å². The number of nitrogens with zero attached hydrogens (tertiary/aromatic N) is 1. The first-order valence-electron chi connectivity index (χ1n) is 4.42. The van der Waals surface area contributed by atoms with Gasteiger partial charge in [-0.05, 0) is 17.5 Å². The van der Waals surface area contributed by atoms with Gasteiger partial charge >= 0.3 is 0 Å². The first kappa shape index (κ1) is 9.23. The lowest BCUT2D eigenvalue weighted by atomic mass is 9.78. The fourth-order valence-electron chi connectivity index (χ4n) is 1.66. The van der Waals surface area contributed by atoms with Crippen LogP contribution in [0.15, 0.2) is 18.2 Å². The smallest absolute Gasteiger partial charge is 0.134 e. The lowest BCUT2D eigenvalue weighted by molar-refractivity contribution is -0.124. The summed E-state index contributed by atoms with van der Waals surface area (Å²) < 4.78 is 0. The first-order chi connectivity index (χ1) is 6.72. The largest absolute Gasteiger partial charge is 0.300 e. The normalized spacial score (nSPS) is 16.1. The molecule has 3 heteroatoms. The molecule has 1 aromatic carbocycles. The summed E-state index contributed by atoms with van der Waals surface area (Å²) >= 11 is 6.03. The van der Waals surface area contributed by atoms with E-state index < -0.39 is 0 Å². The van der Waals surface area contributed by atoms with Crippen LogP contribution in [0.5, 0.6) is 0 Å². The predicted octanol–water partition coefficient (Wildman–Crippen LogP) is 2.66. The molecule has 0 aliphatic heterocycles. The van der Waals surface area contributed by atoms with Crippen LogP contribution in [0.2, 0.25) is 5.02 Å². The van der Waals surface area contributed by atoms with Gasteiger partial charge in [0.25, 0.3) is 0 Å². The standard InChI is InChI=1S/C11H8ClNO/c12-11-7(6-13)2-1-3-10(11)8-4-9(14)5-8/h1-3,8H,4-5H2. The minimum Gasteiger partial charge on any atom is -0.300 e. The van der Waals surface area contributed by atoms with Gasteiger partial charge in [-0.15, -0.1) is 0 Å². The summed E-state index contributed by atoms with van der Waals surface area (Å²) in [7, 11) is 0. The Morgan fingerprint density at radius 3 is 2.71 bits per heavy atom. The molecule has 0 atom stereocenters. The molecule has 0 spiro atoms. The van der Waals surface area contributed by atoms with Crippen LogP contribution in [-0.2, 0) is 4.79 Å². The molecule has 0 bridgehead atoms. The van der Waals surface area contributed by atoms with Crippen molar-refractivity contribution < 1.29 is 4.79 Å². The van der Waals surface area contributed by atoms with Crippen LogP contribution >= 0.6 is 11.6 Å². The van der Waals surface area contributed by atoms with E-state index in [4.69, 9.17) is 16.9 Å². The predicted molar refractivity (Wildman–Crippen MR) is 53.1 cm³/mol. The zero-order valence-corrected chi connectivity index (χ0v) is 8.21. The molecule has 0 radical (unpaired) electrons. The summed E-state index contributed by atoms with van der Waals surface area (Å²) in [5.41, 5.74) is 1.42. The Labute approximate surface area is 87.1 Å². The molecule has 2 rings (SSSR count). The van der Waals surface area contributed by atoms with Crippen molar-refractivity contribution in [2.24, 2.45) is 0 Å². The number of hydrogen-bond acceptors (Lipinski definition) is 2. The van der Waals surface area contributed by atoms with Crippen molar-refractivity contribution in [3.8, 4) is 6.07 Å². The molecule has 1 aliphatic carbocycles. The molecule has 1 fully saturated rings. The van der Waals surface area contributed by atoms with Crippen molar-refractivity contribution in [2.45, 2.75) is 18.8 Å². The van der Waals surface area contributed by atoms with Crippen LogP contribution in [0.25, 0.3) is 0 Å². The Morgan fingerprint density at radius 2 is 2.14 bits per heavy atom. The van der Waals surface area contributed by atoms with E-state index >= 15 is 0 Å². The van der Waals surface area contributed by atoms with Crippen molar-refractivity contribution in [3.05, 3.63) is 34.3 Å². The van der Waals surface area contributed by atoms with Gasteiger partial charge in [0, 0.05) is 12.8 Å². The highest BCUT2D eigenvalue weighted by atomic mass is 35.5. The van der Waals surface area contributed by atoms with Gasteiger partial charge in [-0.25, -0.2) is 0 Å². The van der Waals surface area contributed by atoms with Crippen molar-refractivity contribution in [2.75, 3.05) is 0 Å². The van der Waals surface area contributed by atoms with Gasteiger partial charge in [0.1, 0.15) is 11.9 Å². The van der Waals surface area contributed by atoms with E-state index in [2.05, 4.69) is 0 Å². The molecular formula is C11H8ClNO. The number of hydrogen-bond donors (Lipinski definition) is 0. The summed E-state index contributed by atoms with van der Waals surface area (Å²) in [5.74, 6) is 0.497. The Kier molecular flexibility index (Phi) is 2.26. The Morgan fingerprint density at radius 1 is 1.43 bits per heavy atom. The fourth-order valence-corrected chi connectivity index (χ4v) is 1.98. The monoisotopic (exact) mass is 205 g/mol. The topological polar surface area (TPSA) is 40.9 Å². The average Bonchev–Trinajstić information content (AvgIpc) is 2.14. The van der Waals surface area contributed by atoms with Crippen molar-refractivity contribution >= 4 is 17.4 Å². The van der Waals surface area contributed by atoms with Gasteiger partial charge in [0.15, 0.2) is 0 Å². The minimum atomic E-state index is 0.225. The maximum absolute atomic E-state index is 10.8. The molecule has 1 aromatic rings. The van der Waals surface area contributed by atoms with E-state index in [0.717, 1.165) is 5.56 Å². The summed E-state index contributed by atoms with van der Waals surface area (Å²) in [4.78, 5) is 10.8. The number of benzene rings is 1. The molecule has 70 valence electrons. The molecule has 0 amide bonds. The van der Waals surface area contributed by atoms with Gasteiger partial charge in [-0.1, -0.05) is 23.7 Å². The molecule has 1 saturated carbocycles.